The van der Waals surface area contributed by atoms with Crippen molar-refractivity contribution >= 4 is 0 Å². The van der Waals surface area contributed by atoms with E-state index in [2.05, 4.69) is 0 Å². The second kappa shape index (κ2) is 12.3. The van der Waals surface area contributed by atoms with E-state index in [1.54, 1.807) is 50.6 Å². The van der Waals surface area contributed by atoms with Gasteiger partial charge in [-0.3, -0.25) is 0 Å². The number of hydrogen-bond acceptors (Lipinski definition) is 6. The second-order valence-electron chi connectivity index (χ2n) is 9.39. The lowest BCUT2D eigenvalue weighted by Gasteiger charge is -2.19. The van der Waals surface area contributed by atoms with Gasteiger partial charge in [0, 0.05) is 0 Å². The van der Waals surface area contributed by atoms with E-state index in [9.17, 15) is 10.2 Å². The van der Waals surface area contributed by atoms with Gasteiger partial charge in [0.2, 0.25) is 0 Å². The molecule has 0 unspecified atom stereocenters. The van der Waals surface area contributed by atoms with Crippen LogP contribution in [-0.2, 0) is 12.8 Å². The Balaban J connectivity index is 0.000000230. The number of phenolic OH excluding ortho intramolecular Hbond substituents is 4. The summed E-state index contributed by atoms with van der Waals surface area (Å²) >= 11 is 0. The van der Waals surface area contributed by atoms with Gasteiger partial charge in [-0.1, -0.05) is 24.3 Å². The van der Waals surface area contributed by atoms with E-state index >= 15 is 0 Å². The van der Waals surface area contributed by atoms with Crippen LogP contribution in [0.3, 0.4) is 0 Å². The van der Waals surface area contributed by atoms with Crippen molar-refractivity contribution in [1.29, 1.82) is 0 Å². The maximum absolute atomic E-state index is 10.0. The SMILES string of the molecule is COc1c(O)cc(C)c(Cc2c(C)cc(O)c(OC)c2C)c1C.Oc1ccc(Cc2ccc(O)cc2)cc1. The predicted molar refractivity (Wildman–Crippen MR) is 150 cm³/mol. The normalized spacial score (nSPS) is 10.5. The molecule has 0 saturated carbocycles. The van der Waals surface area contributed by atoms with E-state index in [0.29, 0.717) is 17.9 Å². The van der Waals surface area contributed by atoms with Gasteiger partial charge in [0.15, 0.2) is 23.0 Å². The number of hydrogen-bond donors (Lipinski definition) is 4. The van der Waals surface area contributed by atoms with Crippen molar-refractivity contribution in [1.82, 2.24) is 0 Å². The van der Waals surface area contributed by atoms with E-state index in [0.717, 1.165) is 50.9 Å². The number of rotatable bonds is 6. The monoisotopic (exact) mass is 516 g/mol. The first kappa shape index (κ1) is 28.3. The van der Waals surface area contributed by atoms with Crippen LogP contribution >= 0.6 is 0 Å². The largest absolute Gasteiger partial charge is 0.508 e. The first-order valence-corrected chi connectivity index (χ1v) is 12.3. The molecule has 0 aliphatic heterocycles. The number of aryl methyl sites for hydroxylation is 2. The third-order valence-electron chi connectivity index (χ3n) is 6.75. The van der Waals surface area contributed by atoms with Gasteiger partial charge < -0.3 is 29.9 Å². The van der Waals surface area contributed by atoms with Crippen LogP contribution in [-0.4, -0.2) is 34.6 Å². The van der Waals surface area contributed by atoms with E-state index in [4.69, 9.17) is 19.7 Å². The second-order valence-corrected chi connectivity index (χ2v) is 9.39. The zero-order valence-electron chi connectivity index (χ0n) is 22.8. The van der Waals surface area contributed by atoms with Crippen molar-refractivity contribution in [3.05, 3.63) is 105 Å². The Hall–Kier alpha value is -4.32. The van der Waals surface area contributed by atoms with E-state index in [1.807, 2.05) is 52.0 Å². The Morgan fingerprint density at radius 1 is 0.526 bits per heavy atom. The minimum Gasteiger partial charge on any atom is -0.508 e. The third-order valence-corrected chi connectivity index (χ3v) is 6.75. The van der Waals surface area contributed by atoms with Crippen LogP contribution in [0.25, 0.3) is 0 Å². The van der Waals surface area contributed by atoms with Gasteiger partial charge in [0.25, 0.3) is 0 Å². The maximum atomic E-state index is 10.0. The Bertz CT molecular complexity index is 1280. The molecule has 0 aromatic heterocycles. The molecule has 6 heteroatoms. The molecule has 0 fully saturated rings. The topological polar surface area (TPSA) is 99.4 Å². The molecule has 4 aromatic rings. The van der Waals surface area contributed by atoms with Crippen LogP contribution < -0.4 is 9.47 Å². The van der Waals surface area contributed by atoms with E-state index in [1.165, 1.54) is 0 Å². The van der Waals surface area contributed by atoms with Crippen molar-refractivity contribution in [2.24, 2.45) is 0 Å². The summed E-state index contributed by atoms with van der Waals surface area (Å²) in [4.78, 5) is 0. The molecule has 4 aromatic carbocycles. The summed E-state index contributed by atoms with van der Waals surface area (Å²) in [6.07, 6.45) is 1.49. The first-order valence-electron chi connectivity index (χ1n) is 12.3. The Labute approximate surface area is 224 Å². The summed E-state index contributed by atoms with van der Waals surface area (Å²) in [5.74, 6) is 1.89. The molecule has 0 atom stereocenters. The maximum Gasteiger partial charge on any atom is 0.163 e. The molecule has 38 heavy (non-hydrogen) atoms. The fraction of sp³-hybridized carbons (Fsp3) is 0.250. The van der Waals surface area contributed by atoms with Crippen LogP contribution in [0, 0.1) is 27.7 Å². The molecule has 4 N–H and O–H groups in total. The van der Waals surface area contributed by atoms with E-state index in [-0.39, 0.29) is 23.0 Å². The van der Waals surface area contributed by atoms with Gasteiger partial charge in [0.05, 0.1) is 14.2 Å². The molecule has 0 saturated heterocycles. The fourth-order valence-electron chi connectivity index (χ4n) is 4.66. The third kappa shape index (κ3) is 6.51. The average Bonchev–Trinajstić information content (AvgIpc) is 2.87. The van der Waals surface area contributed by atoms with Crippen molar-refractivity contribution in [3.8, 4) is 34.5 Å². The highest BCUT2D eigenvalue weighted by atomic mass is 16.5. The fourth-order valence-corrected chi connectivity index (χ4v) is 4.66. The highest BCUT2D eigenvalue weighted by molar-refractivity contribution is 5.58. The first-order chi connectivity index (χ1) is 18.0. The van der Waals surface area contributed by atoms with Gasteiger partial charge >= 0.3 is 0 Å². The lowest BCUT2D eigenvalue weighted by atomic mass is 9.90. The molecule has 0 aliphatic carbocycles. The summed E-state index contributed by atoms with van der Waals surface area (Å²) in [6.45, 7) is 7.85. The van der Waals surface area contributed by atoms with Crippen LogP contribution in [0.1, 0.15) is 44.5 Å². The summed E-state index contributed by atoms with van der Waals surface area (Å²) in [6, 6.07) is 17.7. The van der Waals surface area contributed by atoms with Gasteiger partial charge in [-0.05, 0) is 121 Å². The number of benzene rings is 4. The summed E-state index contributed by atoms with van der Waals surface area (Å²) < 4.78 is 10.6. The van der Waals surface area contributed by atoms with Gasteiger partial charge in [-0.25, -0.2) is 0 Å². The molecule has 0 bridgehead atoms. The number of ether oxygens (including phenoxy) is 2. The average molecular weight is 517 g/mol. The van der Waals surface area contributed by atoms with Crippen LogP contribution in [0.4, 0.5) is 0 Å². The van der Waals surface area contributed by atoms with E-state index < -0.39 is 0 Å². The number of phenols is 4. The van der Waals surface area contributed by atoms with Crippen molar-refractivity contribution < 1.29 is 29.9 Å². The highest BCUT2D eigenvalue weighted by Crippen LogP contribution is 2.39. The van der Waals surface area contributed by atoms with Crippen molar-refractivity contribution in [3.63, 3.8) is 0 Å². The van der Waals surface area contributed by atoms with Gasteiger partial charge in [-0.2, -0.15) is 0 Å². The molecule has 4 rings (SSSR count). The molecule has 0 amide bonds. The smallest absolute Gasteiger partial charge is 0.163 e. The van der Waals surface area contributed by atoms with Crippen LogP contribution in [0.2, 0.25) is 0 Å². The van der Waals surface area contributed by atoms with Crippen LogP contribution in [0.5, 0.6) is 34.5 Å². The van der Waals surface area contributed by atoms with Crippen molar-refractivity contribution in [2.75, 3.05) is 14.2 Å². The van der Waals surface area contributed by atoms with Gasteiger partial charge in [0.1, 0.15) is 11.5 Å². The zero-order valence-corrected chi connectivity index (χ0v) is 22.8. The molecular weight excluding hydrogens is 480 g/mol. The minimum absolute atomic E-state index is 0.156. The van der Waals surface area contributed by atoms with Gasteiger partial charge in [-0.15, -0.1) is 0 Å². The molecule has 0 radical (unpaired) electrons. The Morgan fingerprint density at radius 3 is 1.18 bits per heavy atom. The zero-order chi connectivity index (χ0) is 28.0. The predicted octanol–water partition coefficient (Wildman–Crippen LogP) is 6.63. The number of methoxy groups -OCH3 is 2. The summed E-state index contributed by atoms with van der Waals surface area (Å²) in [5.41, 5.74) is 8.36. The summed E-state index contributed by atoms with van der Waals surface area (Å²) in [7, 11) is 3.11. The minimum atomic E-state index is 0.156. The lowest BCUT2D eigenvalue weighted by molar-refractivity contribution is 0.369. The highest BCUT2D eigenvalue weighted by Gasteiger charge is 2.18. The molecule has 0 heterocycles. The molecular formula is C32H36O6. The lowest BCUT2D eigenvalue weighted by Crippen LogP contribution is -2.03. The molecule has 6 nitrogen and oxygen atoms in total. The Morgan fingerprint density at radius 2 is 0.868 bits per heavy atom. The summed E-state index contributed by atoms with van der Waals surface area (Å²) in [5, 5.41) is 38.3. The quantitative estimate of drug-likeness (QED) is 0.230. The van der Waals surface area contributed by atoms with Crippen molar-refractivity contribution in [2.45, 2.75) is 40.5 Å². The van der Waals surface area contributed by atoms with Crippen LogP contribution in [0.15, 0.2) is 60.7 Å². The standard InChI is InChI=1S/C19H24O4.C13H12O2/c1-10-7-16(20)18(22-5)12(3)14(10)9-15-11(2)8-17(21)19(23-6)13(15)4;14-12-5-1-10(2-6-12)9-11-3-7-13(15)8-4-11/h7-8,20-21H,9H2,1-6H3;1-8,14-15H,9H2. The number of aromatic hydroxyl groups is 4. The molecule has 0 spiro atoms. The Kier molecular flexibility index (Phi) is 9.13. The molecule has 0 aliphatic rings. The molecule has 200 valence electrons.